The fraction of sp³-hybridized carbons (Fsp3) is 0.409. The summed E-state index contributed by atoms with van der Waals surface area (Å²) in [5.41, 5.74) is 0.992. The largest absolute Gasteiger partial charge is 0.341 e. The van der Waals surface area contributed by atoms with E-state index in [2.05, 4.69) is 12.2 Å². The molecule has 28 heavy (non-hydrogen) atoms. The molecule has 2 aromatic carbocycles. The predicted molar refractivity (Wildman–Crippen MR) is 117 cm³/mol. The number of nitrogens with one attached hydrogen (secondary N) is 1. The van der Waals surface area contributed by atoms with Gasteiger partial charge in [0.25, 0.3) is 0 Å². The van der Waals surface area contributed by atoms with Crippen LogP contribution in [0.3, 0.4) is 0 Å². The molecule has 1 saturated heterocycles. The van der Waals surface area contributed by atoms with Gasteiger partial charge in [-0.2, -0.15) is 0 Å². The second-order valence-corrected chi connectivity index (χ2v) is 8.12. The Bertz CT molecular complexity index is 721. The van der Waals surface area contributed by atoms with Gasteiger partial charge in [0, 0.05) is 18.0 Å². The van der Waals surface area contributed by atoms with Gasteiger partial charge in [-0.1, -0.05) is 37.3 Å². The standard InChI is InChI=1S/C22H27FN2OS.ClH/c1-2-24-16-17-12-14-25(15-13-17)22(26)21(18-6-4-3-5-7-18)27-20-10-8-19(23)9-11-20;/h3-11,17,21,24H,2,12-16H2,1H3;1H. The van der Waals surface area contributed by atoms with E-state index in [0.29, 0.717) is 5.92 Å². The highest BCUT2D eigenvalue weighted by molar-refractivity contribution is 8.00. The van der Waals surface area contributed by atoms with Crippen molar-refractivity contribution in [2.24, 2.45) is 5.92 Å². The molecule has 0 saturated carbocycles. The molecule has 0 radical (unpaired) electrons. The number of nitrogens with zero attached hydrogens (tertiary/aromatic N) is 1. The van der Waals surface area contributed by atoms with E-state index in [-0.39, 0.29) is 29.4 Å². The molecule has 152 valence electrons. The molecule has 0 spiro atoms. The van der Waals surface area contributed by atoms with Crippen molar-refractivity contribution in [1.29, 1.82) is 0 Å². The highest BCUT2D eigenvalue weighted by Gasteiger charge is 2.30. The van der Waals surface area contributed by atoms with E-state index < -0.39 is 0 Å². The molecule has 2 aromatic rings. The zero-order valence-corrected chi connectivity index (χ0v) is 17.8. The van der Waals surface area contributed by atoms with Gasteiger partial charge in [0.05, 0.1) is 0 Å². The maximum atomic E-state index is 13.3. The van der Waals surface area contributed by atoms with Crippen LogP contribution in [-0.2, 0) is 4.79 Å². The zero-order chi connectivity index (χ0) is 19.1. The Labute approximate surface area is 177 Å². The molecule has 1 fully saturated rings. The van der Waals surface area contributed by atoms with Crippen LogP contribution in [0.2, 0.25) is 0 Å². The highest BCUT2D eigenvalue weighted by atomic mass is 35.5. The summed E-state index contributed by atoms with van der Waals surface area (Å²) in [7, 11) is 0. The number of carbonyl (C=O) groups is 1. The van der Waals surface area contributed by atoms with Crippen molar-refractivity contribution in [3.05, 3.63) is 66.0 Å². The van der Waals surface area contributed by atoms with Crippen LogP contribution in [-0.4, -0.2) is 37.0 Å². The van der Waals surface area contributed by atoms with E-state index in [1.807, 2.05) is 35.2 Å². The lowest BCUT2D eigenvalue weighted by Gasteiger charge is -2.34. The third kappa shape index (κ3) is 6.23. The topological polar surface area (TPSA) is 32.3 Å². The normalized spacial score (nSPS) is 15.7. The Morgan fingerprint density at radius 1 is 1.14 bits per heavy atom. The van der Waals surface area contributed by atoms with E-state index in [0.717, 1.165) is 49.5 Å². The molecule has 1 unspecified atom stereocenters. The quantitative estimate of drug-likeness (QED) is 0.642. The number of likely N-dealkylation sites (tertiary alicyclic amines) is 1. The van der Waals surface area contributed by atoms with Gasteiger partial charge in [-0.15, -0.1) is 24.2 Å². The Morgan fingerprint density at radius 2 is 1.79 bits per heavy atom. The van der Waals surface area contributed by atoms with Crippen LogP contribution >= 0.6 is 24.2 Å². The Hall–Kier alpha value is -1.56. The number of hydrogen-bond donors (Lipinski definition) is 1. The van der Waals surface area contributed by atoms with Gasteiger partial charge in [-0.3, -0.25) is 4.79 Å². The van der Waals surface area contributed by atoms with E-state index in [9.17, 15) is 9.18 Å². The van der Waals surface area contributed by atoms with Crippen molar-refractivity contribution in [3.63, 3.8) is 0 Å². The minimum absolute atomic E-state index is 0. The average molecular weight is 423 g/mol. The Morgan fingerprint density at radius 3 is 2.39 bits per heavy atom. The maximum Gasteiger partial charge on any atom is 0.240 e. The summed E-state index contributed by atoms with van der Waals surface area (Å²) in [5, 5.41) is 3.11. The predicted octanol–water partition coefficient (Wildman–Crippen LogP) is 4.93. The lowest BCUT2D eigenvalue weighted by atomic mass is 9.96. The zero-order valence-electron chi connectivity index (χ0n) is 16.1. The van der Waals surface area contributed by atoms with Gasteiger partial charge < -0.3 is 10.2 Å². The number of hydrogen-bond acceptors (Lipinski definition) is 3. The first kappa shape index (κ1) is 22.7. The molecule has 3 rings (SSSR count). The van der Waals surface area contributed by atoms with Gasteiger partial charge in [0.2, 0.25) is 5.91 Å². The summed E-state index contributed by atoms with van der Waals surface area (Å²) in [5.74, 6) is 0.538. The maximum absolute atomic E-state index is 13.3. The monoisotopic (exact) mass is 422 g/mol. The fourth-order valence-corrected chi connectivity index (χ4v) is 4.52. The van der Waals surface area contributed by atoms with Crippen LogP contribution < -0.4 is 5.32 Å². The molecule has 1 atom stereocenters. The van der Waals surface area contributed by atoms with Crippen LogP contribution in [0.4, 0.5) is 4.39 Å². The van der Waals surface area contributed by atoms with E-state index in [4.69, 9.17) is 0 Å². The number of thioether (sulfide) groups is 1. The number of halogens is 2. The lowest BCUT2D eigenvalue weighted by Crippen LogP contribution is -2.42. The van der Waals surface area contributed by atoms with E-state index in [1.54, 1.807) is 12.1 Å². The van der Waals surface area contributed by atoms with Crippen molar-refractivity contribution in [2.45, 2.75) is 29.9 Å². The van der Waals surface area contributed by atoms with Crippen molar-refractivity contribution < 1.29 is 9.18 Å². The molecule has 1 aliphatic rings. The summed E-state index contributed by atoms with van der Waals surface area (Å²) < 4.78 is 13.2. The number of carbonyl (C=O) groups excluding carboxylic acids is 1. The molecule has 1 N–H and O–H groups in total. The third-order valence-electron chi connectivity index (χ3n) is 5.00. The molecule has 0 bridgehead atoms. The first-order valence-electron chi connectivity index (χ1n) is 9.64. The smallest absolute Gasteiger partial charge is 0.240 e. The summed E-state index contributed by atoms with van der Waals surface area (Å²) in [6.45, 7) is 5.76. The van der Waals surface area contributed by atoms with Crippen molar-refractivity contribution in [1.82, 2.24) is 10.2 Å². The van der Waals surface area contributed by atoms with Crippen LogP contribution in [0.5, 0.6) is 0 Å². The van der Waals surface area contributed by atoms with Crippen molar-refractivity contribution in [2.75, 3.05) is 26.2 Å². The average Bonchev–Trinajstić information content (AvgIpc) is 2.72. The van der Waals surface area contributed by atoms with Crippen LogP contribution in [0.15, 0.2) is 59.5 Å². The first-order valence-corrected chi connectivity index (χ1v) is 10.5. The number of benzene rings is 2. The molecule has 1 aliphatic heterocycles. The number of rotatable bonds is 7. The summed E-state index contributed by atoms with van der Waals surface area (Å²) >= 11 is 1.50. The number of amides is 1. The number of piperidine rings is 1. The van der Waals surface area contributed by atoms with Crippen LogP contribution in [0.25, 0.3) is 0 Å². The minimum atomic E-state index is -0.304. The van der Waals surface area contributed by atoms with Crippen molar-refractivity contribution >= 4 is 30.1 Å². The molecule has 1 heterocycles. The molecule has 6 heteroatoms. The van der Waals surface area contributed by atoms with Crippen LogP contribution in [0, 0.1) is 11.7 Å². The summed E-state index contributed by atoms with van der Waals surface area (Å²) in [6, 6.07) is 16.3. The fourth-order valence-electron chi connectivity index (χ4n) is 3.41. The van der Waals surface area contributed by atoms with Gasteiger partial charge >= 0.3 is 0 Å². The van der Waals surface area contributed by atoms with Gasteiger partial charge in [-0.25, -0.2) is 4.39 Å². The van der Waals surface area contributed by atoms with E-state index >= 15 is 0 Å². The van der Waals surface area contributed by atoms with E-state index in [1.165, 1.54) is 23.9 Å². The molecule has 1 amide bonds. The lowest BCUT2D eigenvalue weighted by molar-refractivity contribution is -0.132. The van der Waals surface area contributed by atoms with Gasteiger partial charge in [0.1, 0.15) is 11.1 Å². The molecule has 0 aliphatic carbocycles. The second kappa shape index (κ2) is 11.4. The van der Waals surface area contributed by atoms with Gasteiger partial charge in [0.15, 0.2) is 0 Å². The third-order valence-corrected chi connectivity index (χ3v) is 6.26. The molecule has 0 aromatic heterocycles. The summed E-state index contributed by atoms with van der Waals surface area (Å²) in [4.78, 5) is 16.2. The Balaban J connectivity index is 0.00000280. The first-order chi connectivity index (χ1) is 13.2. The summed E-state index contributed by atoms with van der Waals surface area (Å²) in [6.07, 6.45) is 2.09. The SMILES string of the molecule is CCNCC1CCN(C(=O)C(Sc2ccc(F)cc2)c2ccccc2)CC1.Cl. The second-order valence-electron chi connectivity index (χ2n) is 6.94. The van der Waals surface area contributed by atoms with Crippen LogP contribution in [0.1, 0.15) is 30.6 Å². The van der Waals surface area contributed by atoms with Gasteiger partial charge in [-0.05, 0) is 61.7 Å². The molecule has 3 nitrogen and oxygen atoms in total. The minimum Gasteiger partial charge on any atom is -0.341 e. The highest BCUT2D eigenvalue weighted by Crippen LogP contribution is 2.37. The van der Waals surface area contributed by atoms with Crippen molar-refractivity contribution in [3.8, 4) is 0 Å². The molecular weight excluding hydrogens is 395 g/mol. The molecular formula is C22H28ClFN2OS. The Kier molecular flexibility index (Phi) is 9.29.